The summed E-state index contributed by atoms with van der Waals surface area (Å²) < 4.78 is 0. The highest BCUT2D eigenvalue weighted by molar-refractivity contribution is 7.99. The molecule has 2 aliphatic heterocycles. The van der Waals surface area contributed by atoms with Crippen molar-refractivity contribution < 1.29 is 4.79 Å². The van der Waals surface area contributed by atoms with Crippen molar-refractivity contribution in [3.8, 4) is 0 Å². The van der Waals surface area contributed by atoms with Crippen LogP contribution in [-0.2, 0) is 11.3 Å². The van der Waals surface area contributed by atoms with Crippen molar-refractivity contribution in [1.29, 1.82) is 0 Å². The molecule has 0 bridgehead atoms. The molecular weight excluding hydrogens is 282 g/mol. The maximum atomic E-state index is 12.2. The number of amides is 1. The number of nitrogens with one attached hydrogen (secondary N) is 2. The number of carbonyl (C=O) groups excluding carboxylic acids is 1. The van der Waals surface area contributed by atoms with Gasteiger partial charge in [0, 0.05) is 43.7 Å². The third-order valence-corrected chi connectivity index (χ3v) is 5.17. The number of likely N-dealkylation sites (tertiary alicyclic amines) is 1. The zero-order chi connectivity index (χ0) is 14.5. The SMILES string of the molecule is O=C(NC1CCN(Cc2ccccc2)C1)C1CSCCN1. The van der Waals surface area contributed by atoms with E-state index in [9.17, 15) is 4.79 Å². The molecule has 1 aromatic carbocycles. The van der Waals surface area contributed by atoms with Crippen molar-refractivity contribution >= 4 is 17.7 Å². The van der Waals surface area contributed by atoms with Gasteiger partial charge in [0.15, 0.2) is 0 Å². The molecule has 2 atom stereocenters. The van der Waals surface area contributed by atoms with Gasteiger partial charge in [-0.15, -0.1) is 0 Å². The normalized spacial score (nSPS) is 26.7. The summed E-state index contributed by atoms with van der Waals surface area (Å²) in [6, 6.07) is 10.8. The van der Waals surface area contributed by atoms with Gasteiger partial charge < -0.3 is 10.6 Å². The summed E-state index contributed by atoms with van der Waals surface area (Å²) in [4.78, 5) is 14.6. The Hall–Kier alpha value is -1.04. The molecular formula is C16H23N3OS. The fraction of sp³-hybridized carbons (Fsp3) is 0.562. The highest BCUT2D eigenvalue weighted by Gasteiger charge is 2.27. The average molecular weight is 305 g/mol. The lowest BCUT2D eigenvalue weighted by atomic mass is 10.2. The van der Waals surface area contributed by atoms with E-state index >= 15 is 0 Å². The first-order chi connectivity index (χ1) is 10.3. The third-order valence-electron chi connectivity index (χ3n) is 4.11. The molecule has 2 heterocycles. The molecule has 0 aromatic heterocycles. The van der Waals surface area contributed by atoms with Gasteiger partial charge in [0.2, 0.25) is 5.91 Å². The number of hydrogen-bond donors (Lipinski definition) is 2. The Bertz CT molecular complexity index is 462. The minimum Gasteiger partial charge on any atom is -0.351 e. The van der Waals surface area contributed by atoms with Gasteiger partial charge in [-0.1, -0.05) is 30.3 Å². The molecule has 0 aliphatic carbocycles. The first kappa shape index (κ1) is 14.9. The molecule has 0 spiro atoms. The monoisotopic (exact) mass is 305 g/mol. The Labute approximate surface area is 130 Å². The number of rotatable bonds is 4. The zero-order valence-corrected chi connectivity index (χ0v) is 13.1. The second kappa shape index (κ2) is 7.29. The van der Waals surface area contributed by atoms with Crippen LogP contribution < -0.4 is 10.6 Å². The molecule has 2 fully saturated rings. The molecule has 2 saturated heterocycles. The Kier molecular flexibility index (Phi) is 5.17. The lowest BCUT2D eigenvalue weighted by Crippen LogP contribution is -2.51. The van der Waals surface area contributed by atoms with Crippen molar-refractivity contribution in [2.45, 2.75) is 25.0 Å². The van der Waals surface area contributed by atoms with Crippen LogP contribution in [0.25, 0.3) is 0 Å². The molecule has 2 aliphatic rings. The number of benzene rings is 1. The van der Waals surface area contributed by atoms with E-state index in [2.05, 4.69) is 39.8 Å². The summed E-state index contributed by atoms with van der Waals surface area (Å²) in [6.45, 7) is 3.94. The Morgan fingerprint density at radius 1 is 1.38 bits per heavy atom. The highest BCUT2D eigenvalue weighted by atomic mass is 32.2. The van der Waals surface area contributed by atoms with Gasteiger partial charge in [-0.2, -0.15) is 11.8 Å². The van der Waals surface area contributed by atoms with E-state index in [0.29, 0.717) is 6.04 Å². The molecule has 2 N–H and O–H groups in total. The van der Waals surface area contributed by atoms with Crippen LogP contribution in [-0.4, -0.2) is 54.0 Å². The number of nitrogens with zero attached hydrogens (tertiary/aromatic N) is 1. The lowest BCUT2D eigenvalue weighted by Gasteiger charge is -2.24. The van der Waals surface area contributed by atoms with Gasteiger partial charge >= 0.3 is 0 Å². The largest absolute Gasteiger partial charge is 0.351 e. The van der Waals surface area contributed by atoms with E-state index in [1.54, 1.807) is 0 Å². The summed E-state index contributed by atoms with van der Waals surface area (Å²) in [7, 11) is 0. The number of hydrogen-bond acceptors (Lipinski definition) is 4. The fourth-order valence-corrected chi connectivity index (χ4v) is 3.91. The standard InChI is InChI=1S/C16H23N3OS/c20-16(15-12-21-9-7-17-15)18-14-6-8-19(11-14)10-13-4-2-1-3-5-13/h1-5,14-15,17H,6-12H2,(H,18,20). The minimum atomic E-state index is -0.00748. The van der Waals surface area contributed by atoms with E-state index in [4.69, 9.17) is 0 Å². The van der Waals surface area contributed by atoms with Gasteiger partial charge in [0.1, 0.15) is 0 Å². The van der Waals surface area contributed by atoms with Gasteiger partial charge in [0.05, 0.1) is 6.04 Å². The molecule has 2 unspecified atom stereocenters. The third kappa shape index (κ3) is 4.22. The van der Waals surface area contributed by atoms with E-state index in [1.807, 2.05) is 17.8 Å². The Balaban J connectivity index is 1.45. The van der Waals surface area contributed by atoms with Gasteiger partial charge in [0.25, 0.3) is 0 Å². The summed E-state index contributed by atoms with van der Waals surface area (Å²) in [5.41, 5.74) is 1.34. The van der Waals surface area contributed by atoms with Crippen LogP contribution in [0.3, 0.4) is 0 Å². The zero-order valence-electron chi connectivity index (χ0n) is 12.3. The van der Waals surface area contributed by atoms with Crippen LogP contribution in [0.4, 0.5) is 0 Å². The highest BCUT2D eigenvalue weighted by Crippen LogP contribution is 2.14. The molecule has 1 aromatic rings. The topological polar surface area (TPSA) is 44.4 Å². The Morgan fingerprint density at radius 3 is 3.00 bits per heavy atom. The van der Waals surface area contributed by atoms with E-state index in [1.165, 1.54) is 5.56 Å². The summed E-state index contributed by atoms with van der Waals surface area (Å²) in [5, 5.41) is 6.51. The maximum Gasteiger partial charge on any atom is 0.238 e. The molecule has 114 valence electrons. The predicted octanol–water partition coefficient (Wildman–Crippen LogP) is 1.08. The van der Waals surface area contributed by atoms with Crippen LogP contribution >= 0.6 is 11.8 Å². The van der Waals surface area contributed by atoms with Crippen molar-refractivity contribution in [2.75, 3.05) is 31.1 Å². The van der Waals surface area contributed by atoms with Crippen molar-refractivity contribution in [3.63, 3.8) is 0 Å². The van der Waals surface area contributed by atoms with Crippen LogP contribution in [0.5, 0.6) is 0 Å². The molecule has 4 nitrogen and oxygen atoms in total. The maximum absolute atomic E-state index is 12.2. The second-order valence-electron chi connectivity index (χ2n) is 5.80. The molecule has 1 amide bonds. The van der Waals surface area contributed by atoms with Gasteiger partial charge in [-0.3, -0.25) is 9.69 Å². The van der Waals surface area contributed by atoms with Crippen molar-refractivity contribution in [1.82, 2.24) is 15.5 Å². The lowest BCUT2D eigenvalue weighted by molar-refractivity contribution is -0.123. The van der Waals surface area contributed by atoms with Crippen molar-refractivity contribution in [2.24, 2.45) is 0 Å². The van der Waals surface area contributed by atoms with Crippen LogP contribution in [0.1, 0.15) is 12.0 Å². The summed E-state index contributed by atoms with van der Waals surface area (Å²) >= 11 is 1.86. The van der Waals surface area contributed by atoms with E-state index < -0.39 is 0 Å². The van der Waals surface area contributed by atoms with Gasteiger partial charge in [-0.25, -0.2) is 0 Å². The summed E-state index contributed by atoms with van der Waals surface area (Å²) in [6.07, 6.45) is 1.05. The fourth-order valence-electron chi connectivity index (χ4n) is 2.97. The first-order valence-corrected chi connectivity index (χ1v) is 8.84. The molecule has 3 rings (SSSR count). The summed E-state index contributed by atoms with van der Waals surface area (Å²) in [5.74, 6) is 2.18. The second-order valence-corrected chi connectivity index (χ2v) is 6.95. The quantitative estimate of drug-likeness (QED) is 0.874. The van der Waals surface area contributed by atoms with Crippen LogP contribution in [0, 0.1) is 0 Å². The average Bonchev–Trinajstić information content (AvgIpc) is 2.96. The smallest absolute Gasteiger partial charge is 0.238 e. The van der Waals surface area contributed by atoms with Crippen molar-refractivity contribution in [3.05, 3.63) is 35.9 Å². The molecule has 0 saturated carbocycles. The van der Waals surface area contributed by atoms with E-state index in [-0.39, 0.29) is 11.9 Å². The molecule has 0 radical (unpaired) electrons. The first-order valence-electron chi connectivity index (χ1n) is 7.69. The minimum absolute atomic E-state index is 0.00748. The molecule has 5 heteroatoms. The van der Waals surface area contributed by atoms with Gasteiger partial charge in [-0.05, 0) is 12.0 Å². The molecule has 21 heavy (non-hydrogen) atoms. The van der Waals surface area contributed by atoms with Crippen LogP contribution in [0.2, 0.25) is 0 Å². The number of thioether (sulfide) groups is 1. The predicted molar refractivity (Wildman–Crippen MR) is 87.4 cm³/mol. The Morgan fingerprint density at radius 2 is 2.24 bits per heavy atom. The van der Waals surface area contributed by atoms with E-state index in [0.717, 1.165) is 44.1 Å². The van der Waals surface area contributed by atoms with Crippen LogP contribution in [0.15, 0.2) is 30.3 Å². The number of carbonyl (C=O) groups is 1.